The van der Waals surface area contributed by atoms with Crippen LogP contribution < -0.4 is 4.90 Å². The quantitative estimate of drug-likeness (QED) is 0.336. The van der Waals surface area contributed by atoms with Gasteiger partial charge in [0.25, 0.3) is 0 Å². The van der Waals surface area contributed by atoms with Crippen LogP contribution in [0.15, 0.2) is 95.7 Å². The zero-order valence-electron chi connectivity index (χ0n) is 18.4. The summed E-state index contributed by atoms with van der Waals surface area (Å²) in [7, 11) is 0. The summed E-state index contributed by atoms with van der Waals surface area (Å²) in [5.74, 6) is 0.953. The smallest absolute Gasteiger partial charge is 0.241 e. The van der Waals surface area contributed by atoms with E-state index in [0.29, 0.717) is 18.0 Å². The summed E-state index contributed by atoms with van der Waals surface area (Å²) in [4.78, 5) is 25.4. The van der Waals surface area contributed by atoms with Gasteiger partial charge in [-0.05, 0) is 41.5 Å². The molecule has 3 aromatic carbocycles. The van der Waals surface area contributed by atoms with Gasteiger partial charge in [-0.2, -0.15) is 0 Å². The third-order valence-electron chi connectivity index (χ3n) is 6.22. The molecule has 2 unspecified atom stereocenters. The molecule has 0 radical (unpaired) electrons. The van der Waals surface area contributed by atoms with E-state index in [4.69, 9.17) is 11.6 Å². The van der Waals surface area contributed by atoms with Crippen LogP contribution >= 0.6 is 27.5 Å². The number of aromatic amines is 1. The van der Waals surface area contributed by atoms with Gasteiger partial charge in [0.05, 0.1) is 12.6 Å². The molecule has 0 aliphatic carbocycles. The summed E-state index contributed by atoms with van der Waals surface area (Å²) >= 11 is 9.80. The van der Waals surface area contributed by atoms with Crippen molar-refractivity contribution in [3.63, 3.8) is 0 Å². The number of piperazine rings is 1. The minimum absolute atomic E-state index is 0.0386. The first-order valence-corrected chi connectivity index (χ1v) is 12.4. The van der Waals surface area contributed by atoms with E-state index >= 15 is 0 Å². The molecule has 1 aromatic heterocycles. The van der Waals surface area contributed by atoms with Crippen molar-refractivity contribution >= 4 is 39.1 Å². The first kappa shape index (κ1) is 22.8. The molecular formula is C27H24BrClN4O. The van der Waals surface area contributed by atoms with Crippen LogP contribution in [0.1, 0.15) is 23.0 Å². The Morgan fingerprint density at radius 1 is 1.03 bits per heavy atom. The highest BCUT2D eigenvalue weighted by Gasteiger charge is 2.38. The molecular weight excluding hydrogens is 512 g/mol. The lowest BCUT2D eigenvalue weighted by atomic mass is 9.93. The topological polar surface area (TPSA) is 52.2 Å². The Labute approximate surface area is 212 Å². The molecule has 1 N–H and O–H groups in total. The van der Waals surface area contributed by atoms with Gasteiger partial charge in [-0.1, -0.05) is 76.1 Å². The number of aromatic nitrogens is 2. The Morgan fingerprint density at radius 2 is 1.79 bits per heavy atom. The molecule has 1 amide bonds. The maximum absolute atomic E-state index is 13.5. The van der Waals surface area contributed by atoms with Gasteiger partial charge in [-0.3, -0.25) is 9.69 Å². The molecule has 0 saturated carbocycles. The van der Waals surface area contributed by atoms with E-state index in [-0.39, 0.29) is 24.5 Å². The number of H-pyrrole nitrogens is 1. The summed E-state index contributed by atoms with van der Waals surface area (Å²) in [5.41, 5.74) is 3.11. The van der Waals surface area contributed by atoms with E-state index in [1.54, 1.807) is 6.20 Å². The number of carbonyl (C=O) groups is 1. The normalized spacial score (nSPS) is 17.6. The maximum atomic E-state index is 13.5. The number of nitrogens with one attached hydrogen (secondary N) is 1. The second kappa shape index (κ2) is 10.1. The minimum atomic E-state index is -0.0697. The van der Waals surface area contributed by atoms with Crippen molar-refractivity contribution in [2.45, 2.75) is 18.5 Å². The van der Waals surface area contributed by atoms with Crippen LogP contribution in [0.25, 0.3) is 0 Å². The molecule has 7 heteroatoms. The summed E-state index contributed by atoms with van der Waals surface area (Å²) in [6.07, 6.45) is 4.30. The Bertz CT molecular complexity index is 1250. The Morgan fingerprint density at radius 3 is 2.50 bits per heavy atom. The lowest BCUT2D eigenvalue weighted by molar-refractivity contribution is -0.123. The van der Waals surface area contributed by atoms with E-state index in [1.165, 1.54) is 0 Å². The van der Waals surface area contributed by atoms with Gasteiger partial charge in [0.2, 0.25) is 5.91 Å². The summed E-state index contributed by atoms with van der Waals surface area (Å²) in [6.45, 7) is 0.827. The van der Waals surface area contributed by atoms with Gasteiger partial charge in [-0.25, -0.2) is 4.98 Å². The second-order valence-electron chi connectivity index (χ2n) is 8.42. The average Bonchev–Trinajstić information content (AvgIpc) is 3.36. The minimum Gasteiger partial charge on any atom is -0.349 e. The first-order valence-electron chi connectivity index (χ1n) is 11.2. The summed E-state index contributed by atoms with van der Waals surface area (Å²) < 4.78 is 1.03. The number of benzene rings is 3. The van der Waals surface area contributed by atoms with Gasteiger partial charge in [0, 0.05) is 46.6 Å². The van der Waals surface area contributed by atoms with Crippen LogP contribution in [0.5, 0.6) is 0 Å². The predicted molar refractivity (Wildman–Crippen MR) is 139 cm³/mol. The van der Waals surface area contributed by atoms with E-state index in [9.17, 15) is 4.79 Å². The SMILES string of the molecule is O=C1CN(C(c2ccccc2)c2ccc(Br)cc2)C(Cc2ncc[nH]2)CN1c1cccc(Cl)c1. The number of hydrogen-bond donors (Lipinski definition) is 1. The van der Waals surface area contributed by atoms with Crippen molar-refractivity contribution in [1.29, 1.82) is 0 Å². The van der Waals surface area contributed by atoms with E-state index in [1.807, 2.05) is 53.6 Å². The van der Waals surface area contributed by atoms with Crippen molar-refractivity contribution < 1.29 is 4.79 Å². The van der Waals surface area contributed by atoms with Crippen molar-refractivity contribution in [1.82, 2.24) is 14.9 Å². The van der Waals surface area contributed by atoms with Crippen LogP contribution in [0, 0.1) is 0 Å². The van der Waals surface area contributed by atoms with Crippen LogP contribution in [-0.4, -0.2) is 39.9 Å². The van der Waals surface area contributed by atoms with Crippen molar-refractivity contribution in [2.75, 3.05) is 18.0 Å². The third-order valence-corrected chi connectivity index (χ3v) is 6.98. The molecule has 2 atom stereocenters. The fourth-order valence-electron chi connectivity index (χ4n) is 4.65. The first-order chi connectivity index (χ1) is 16.6. The fourth-order valence-corrected chi connectivity index (χ4v) is 5.10. The molecule has 1 aliphatic rings. The Kier molecular flexibility index (Phi) is 6.81. The number of rotatable bonds is 6. The number of imidazole rings is 1. The third kappa shape index (κ3) is 4.94. The fraction of sp³-hybridized carbons (Fsp3) is 0.185. The van der Waals surface area contributed by atoms with E-state index < -0.39 is 0 Å². The number of hydrogen-bond acceptors (Lipinski definition) is 3. The van der Waals surface area contributed by atoms with Gasteiger partial charge < -0.3 is 9.88 Å². The molecule has 2 heterocycles. The molecule has 34 heavy (non-hydrogen) atoms. The Balaban J connectivity index is 1.56. The molecule has 172 valence electrons. The largest absolute Gasteiger partial charge is 0.349 e. The van der Waals surface area contributed by atoms with E-state index in [0.717, 1.165) is 27.1 Å². The zero-order chi connectivity index (χ0) is 23.5. The number of nitrogens with zero attached hydrogens (tertiary/aromatic N) is 3. The predicted octanol–water partition coefficient (Wildman–Crippen LogP) is 5.88. The number of carbonyl (C=O) groups excluding carboxylic acids is 1. The van der Waals surface area contributed by atoms with Crippen molar-refractivity contribution in [3.8, 4) is 0 Å². The highest BCUT2D eigenvalue weighted by Crippen LogP contribution is 2.35. The number of anilines is 1. The molecule has 1 saturated heterocycles. The molecule has 1 fully saturated rings. The van der Waals surface area contributed by atoms with Crippen molar-refractivity contribution in [3.05, 3.63) is 118 Å². The standard InChI is InChI=1S/C27H24BrClN4O/c28-21-11-9-20(10-12-21)27(19-5-2-1-3-6-19)33-18-26(34)32(23-8-4-7-22(29)15-23)17-24(33)16-25-30-13-14-31-25/h1-15,24,27H,16-18H2,(H,30,31). The van der Waals surface area contributed by atoms with Gasteiger partial charge in [0.1, 0.15) is 5.82 Å². The van der Waals surface area contributed by atoms with Crippen LogP contribution in [0.2, 0.25) is 5.02 Å². The van der Waals surface area contributed by atoms with Crippen LogP contribution in [0.4, 0.5) is 5.69 Å². The van der Waals surface area contributed by atoms with Crippen LogP contribution in [0.3, 0.4) is 0 Å². The molecule has 5 rings (SSSR count). The second-order valence-corrected chi connectivity index (χ2v) is 9.77. The highest BCUT2D eigenvalue weighted by molar-refractivity contribution is 9.10. The molecule has 5 nitrogen and oxygen atoms in total. The van der Waals surface area contributed by atoms with Gasteiger partial charge >= 0.3 is 0 Å². The average molecular weight is 536 g/mol. The Hall–Kier alpha value is -2.93. The van der Waals surface area contributed by atoms with Gasteiger partial charge in [-0.15, -0.1) is 0 Å². The lowest BCUT2D eigenvalue weighted by Gasteiger charge is -2.45. The van der Waals surface area contributed by atoms with E-state index in [2.05, 4.69) is 67.2 Å². The lowest BCUT2D eigenvalue weighted by Crippen LogP contribution is -2.58. The zero-order valence-corrected chi connectivity index (χ0v) is 20.8. The highest BCUT2D eigenvalue weighted by atomic mass is 79.9. The number of halogens is 2. The molecule has 0 bridgehead atoms. The monoisotopic (exact) mass is 534 g/mol. The number of amides is 1. The summed E-state index contributed by atoms with van der Waals surface area (Å²) in [5, 5.41) is 0.618. The summed E-state index contributed by atoms with van der Waals surface area (Å²) in [6, 6.07) is 26.2. The maximum Gasteiger partial charge on any atom is 0.241 e. The molecule has 4 aromatic rings. The van der Waals surface area contributed by atoms with Crippen LogP contribution in [-0.2, 0) is 11.2 Å². The van der Waals surface area contributed by atoms with Gasteiger partial charge in [0.15, 0.2) is 0 Å². The molecule has 1 aliphatic heterocycles. The van der Waals surface area contributed by atoms with Crippen molar-refractivity contribution in [2.24, 2.45) is 0 Å². The molecule has 0 spiro atoms.